The molecular weight excluding hydrogens is 282 g/mol. The monoisotopic (exact) mass is 299 g/mol. The summed E-state index contributed by atoms with van der Waals surface area (Å²) in [7, 11) is -3.70. The van der Waals surface area contributed by atoms with E-state index in [1.165, 1.54) is 12.4 Å². The van der Waals surface area contributed by atoms with Crippen LogP contribution in [-0.4, -0.2) is 40.1 Å². The zero-order valence-corrected chi connectivity index (χ0v) is 12.1. The van der Waals surface area contributed by atoms with E-state index in [1.807, 2.05) is 0 Å². The summed E-state index contributed by atoms with van der Waals surface area (Å²) in [6, 6.07) is 0. The fraction of sp³-hybridized carbons (Fsp3) is 0.455. The van der Waals surface area contributed by atoms with Gasteiger partial charge in [-0.1, -0.05) is 0 Å². The lowest BCUT2D eigenvalue weighted by Crippen LogP contribution is -2.14. The second-order valence-electron chi connectivity index (χ2n) is 4.39. The van der Waals surface area contributed by atoms with Crippen molar-refractivity contribution in [3.63, 3.8) is 0 Å². The molecular formula is C11H17N5O3S. The van der Waals surface area contributed by atoms with Gasteiger partial charge in [-0.3, -0.25) is 14.5 Å². The van der Waals surface area contributed by atoms with E-state index < -0.39 is 10.0 Å². The molecule has 9 heteroatoms. The van der Waals surface area contributed by atoms with Gasteiger partial charge in [0.2, 0.25) is 0 Å². The van der Waals surface area contributed by atoms with Crippen molar-refractivity contribution in [2.75, 3.05) is 11.3 Å². The molecule has 2 aromatic heterocycles. The molecule has 20 heavy (non-hydrogen) atoms. The number of H-pyrrole nitrogens is 1. The number of aromatic amines is 1. The van der Waals surface area contributed by atoms with Gasteiger partial charge in [0, 0.05) is 19.3 Å². The van der Waals surface area contributed by atoms with E-state index in [1.54, 1.807) is 18.5 Å². The van der Waals surface area contributed by atoms with Crippen LogP contribution in [0.5, 0.6) is 0 Å². The maximum absolute atomic E-state index is 12.4. The maximum Gasteiger partial charge on any atom is 0.265 e. The minimum Gasteiger partial charge on any atom is -0.396 e. The molecule has 0 radical (unpaired) electrons. The standard InChI is InChI=1S/C11H17N5O3S/c1-8-11(9(2)16(14-8)4-3-5-17)20(18,19)15-10-6-12-13-7-10/h6-7,15,17H,3-5H2,1-2H3,(H,12,13). The van der Waals surface area contributed by atoms with Crippen LogP contribution in [0.1, 0.15) is 17.8 Å². The average Bonchev–Trinajstić information content (AvgIpc) is 2.94. The lowest BCUT2D eigenvalue weighted by atomic mass is 10.4. The number of nitrogens with one attached hydrogen (secondary N) is 2. The Morgan fingerprint density at radius 2 is 2.20 bits per heavy atom. The first kappa shape index (κ1) is 14.5. The van der Waals surface area contributed by atoms with Gasteiger partial charge in [0.05, 0.1) is 23.3 Å². The average molecular weight is 299 g/mol. The van der Waals surface area contributed by atoms with E-state index in [0.29, 0.717) is 30.0 Å². The minimum atomic E-state index is -3.70. The van der Waals surface area contributed by atoms with Crippen molar-refractivity contribution in [2.24, 2.45) is 0 Å². The molecule has 8 nitrogen and oxygen atoms in total. The molecule has 110 valence electrons. The number of hydrogen-bond donors (Lipinski definition) is 3. The van der Waals surface area contributed by atoms with Crippen LogP contribution in [-0.2, 0) is 16.6 Å². The quantitative estimate of drug-likeness (QED) is 0.715. The van der Waals surface area contributed by atoms with Crippen LogP contribution >= 0.6 is 0 Å². The Balaban J connectivity index is 2.34. The first-order valence-electron chi connectivity index (χ1n) is 6.12. The Labute approximate surface area is 116 Å². The van der Waals surface area contributed by atoms with Crippen LogP contribution < -0.4 is 4.72 Å². The summed E-state index contributed by atoms with van der Waals surface area (Å²) < 4.78 is 28.8. The Morgan fingerprint density at radius 1 is 1.45 bits per heavy atom. The largest absolute Gasteiger partial charge is 0.396 e. The molecule has 2 aromatic rings. The van der Waals surface area contributed by atoms with Crippen LogP contribution in [0.25, 0.3) is 0 Å². The fourth-order valence-corrected chi connectivity index (χ4v) is 3.47. The van der Waals surface area contributed by atoms with E-state index in [9.17, 15) is 8.42 Å². The van der Waals surface area contributed by atoms with E-state index in [2.05, 4.69) is 20.0 Å². The Bertz CT molecular complexity index is 675. The number of anilines is 1. The van der Waals surface area contributed by atoms with E-state index in [0.717, 1.165) is 0 Å². The van der Waals surface area contributed by atoms with Gasteiger partial charge in [-0.15, -0.1) is 0 Å². The van der Waals surface area contributed by atoms with Crippen LogP contribution in [0.4, 0.5) is 5.69 Å². The summed E-state index contributed by atoms with van der Waals surface area (Å²) >= 11 is 0. The van der Waals surface area contributed by atoms with Crippen LogP contribution in [0.15, 0.2) is 17.3 Å². The number of nitrogens with zero attached hydrogens (tertiary/aromatic N) is 3. The number of rotatable bonds is 6. The highest BCUT2D eigenvalue weighted by atomic mass is 32.2. The van der Waals surface area contributed by atoms with Gasteiger partial charge in [0.25, 0.3) is 10.0 Å². The lowest BCUT2D eigenvalue weighted by molar-refractivity contribution is 0.276. The highest BCUT2D eigenvalue weighted by molar-refractivity contribution is 7.92. The molecule has 0 spiro atoms. The predicted octanol–water partition coefficient (Wildman–Crippen LogP) is 0.406. The first-order valence-corrected chi connectivity index (χ1v) is 7.60. The van der Waals surface area contributed by atoms with Gasteiger partial charge >= 0.3 is 0 Å². The van der Waals surface area contributed by atoms with Gasteiger partial charge in [0.15, 0.2) is 0 Å². The maximum atomic E-state index is 12.4. The number of sulfonamides is 1. The molecule has 3 N–H and O–H groups in total. The fourth-order valence-electron chi connectivity index (χ4n) is 2.02. The minimum absolute atomic E-state index is 0.0354. The summed E-state index contributed by atoms with van der Waals surface area (Å²) in [5.74, 6) is 0. The highest BCUT2D eigenvalue weighted by Crippen LogP contribution is 2.22. The molecule has 0 saturated heterocycles. The summed E-state index contributed by atoms with van der Waals surface area (Å²) in [5, 5.41) is 19.3. The zero-order valence-electron chi connectivity index (χ0n) is 11.3. The summed E-state index contributed by atoms with van der Waals surface area (Å²) in [6.07, 6.45) is 3.37. The number of aryl methyl sites for hydroxylation is 2. The van der Waals surface area contributed by atoms with Crippen molar-refractivity contribution in [1.29, 1.82) is 0 Å². The Morgan fingerprint density at radius 3 is 2.80 bits per heavy atom. The van der Waals surface area contributed by atoms with Crippen molar-refractivity contribution in [2.45, 2.75) is 31.7 Å². The molecule has 0 amide bonds. The van der Waals surface area contributed by atoms with Crippen molar-refractivity contribution in [1.82, 2.24) is 20.0 Å². The SMILES string of the molecule is Cc1nn(CCCO)c(C)c1S(=O)(=O)Nc1cn[nH]c1. The molecule has 0 bridgehead atoms. The number of hydrogen-bond acceptors (Lipinski definition) is 5. The molecule has 0 fully saturated rings. The van der Waals surface area contributed by atoms with Gasteiger partial charge in [-0.2, -0.15) is 10.2 Å². The van der Waals surface area contributed by atoms with Gasteiger partial charge in [0.1, 0.15) is 4.90 Å². The van der Waals surface area contributed by atoms with Gasteiger partial charge < -0.3 is 5.11 Å². The van der Waals surface area contributed by atoms with Gasteiger partial charge in [-0.05, 0) is 20.3 Å². The molecule has 0 aliphatic heterocycles. The summed E-state index contributed by atoms with van der Waals surface area (Å²) in [6.45, 7) is 3.85. The summed E-state index contributed by atoms with van der Waals surface area (Å²) in [5.41, 5.74) is 1.34. The third-order valence-electron chi connectivity index (χ3n) is 2.86. The van der Waals surface area contributed by atoms with Crippen molar-refractivity contribution in [3.05, 3.63) is 23.8 Å². The Kier molecular flexibility index (Phi) is 4.09. The van der Waals surface area contributed by atoms with Crippen LogP contribution in [0.2, 0.25) is 0 Å². The topological polar surface area (TPSA) is 113 Å². The summed E-state index contributed by atoms with van der Waals surface area (Å²) in [4.78, 5) is 0.164. The van der Waals surface area contributed by atoms with Crippen LogP contribution in [0, 0.1) is 13.8 Å². The van der Waals surface area contributed by atoms with E-state index >= 15 is 0 Å². The van der Waals surface area contributed by atoms with Crippen LogP contribution in [0.3, 0.4) is 0 Å². The second kappa shape index (κ2) is 5.63. The Hall–Kier alpha value is -1.87. The predicted molar refractivity (Wildman–Crippen MR) is 72.8 cm³/mol. The number of aliphatic hydroxyl groups excluding tert-OH is 1. The molecule has 0 aromatic carbocycles. The van der Waals surface area contributed by atoms with E-state index in [-0.39, 0.29) is 11.5 Å². The molecule has 2 heterocycles. The normalized spacial score (nSPS) is 11.8. The second-order valence-corrected chi connectivity index (χ2v) is 6.01. The highest BCUT2D eigenvalue weighted by Gasteiger charge is 2.24. The third kappa shape index (κ3) is 2.83. The third-order valence-corrected chi connectivity index (χ3v) is 4.50. The van der Waals surface area contributed by atoms with Crippen molar-refractivity contribution in [3.8, 4) is 0 Å². The zero-order chi connectivity index (χ0) is 14.8. The smallest absolute Gasteiger partial charge is 0.265 e. The van der Waals surface area contributed by atoms with E-state index in [4.69, 9.17) is 5.11 Å². The molecule has 0 atom stereocenters. The molecule has 0 aliphatic carbocycles. The van der Waals surface area contributed by atoms with Crippen molar-refractivity contribution < 1.29 is 13.5 Å². The van der Waals surface area contributed by atoms with Crippen molar-refractivity contribution >= 4 is 15.7 Å². The van der Waals surface area contributed by atoms with Gasteiger partial charge in [-0.25, -0.2) is 8.42 Å². The lowest BCUT2D eigenvalue weighted by Gasteiger charge is -2.07. The number of aromatic nitrogens is 4. The number of aliphatic hydroxyl groups is 1. The molecule has 0 unspecified atom stereocenters. The first-order chi connectivity index (χ1) is 9.45. The molecule has 0 saturated carbocycles. The molecule has 2 rings (SSSR count). The molecule has 0 aliphatic rings.